The van der Waals surface area contributed by atoms with Crippen LogP contribution < -0.4 is 0 Å². The molecule has 2 aliphatic carbocycles. The van der Waals surface area contributed by atoms with Gasteiger partial charge in [0.05, 0.1) is 6.10 Å². The quantitative estimate of drug-likeness (QED) is 0.692. The van der Waals surface area contributed by atoms with Crippen LogP contribution >= 0.6 is 0 Å². The summed E-state index contributed by atoms with van der Waals surface area (Å²) >= 11 is 0. The first kappa shape index (κ1) is 14.1. The molecule has 0 heterocycles. The predicted molar refractivity (Wildman–Crippen MR) is 77.5 cm³/mol. The van der Waals surface area contributed by atoms with Gasteiger partial charge in [-0.15, -0.1) is 0 Å². The van der Waals surface area contributed by atoms with E-state index in [1.807, 2.05) is 0 Å². The lowest BCUT2D eigenvalue weighted by Crippen LogP contribution is -2.28. The van der Waals surface area contributed by atoms with Crippen molar-refractivity contribution in [3.8, 4) is 0 Å². The predicted octanol–water partition coefficient (Wildman–Crippen LogP) is 4.84. The summed E-state index contributed by atoms with van der Waals surface area (Å²) in [6.07, 6.45) is 16.5. The topological polar surface area (TPSA) is 20.2 Å². The van der Waals surface area contributed by atoms with Crippen molar-refractivity contribution in [2.75, 3.05) is 0 Å². The Bertz CT molecular complexity index is 261. The smallest absolute Gasteiger partial charge is 0.0778 e. The van der Waals surface area contributed by atoms with Gasteiger partial charge in [-0.05, 0) is 55.9 Å². The minimum Gasteiger partial charge on any atom is -0.388 e. The minimum absolute atomic E-state index is 0.113. The van der Waals surface area contributed by atoms with E-state index in [2.05, 4.69) is 13.0 Å². The lowest BCUT2D eigenvalue weighted by Gasteiger charge is -2.33. The summed E-state index contributed by atoms with van der Waals surface area (Å²) in [7, 11) is 0. The highest BCUT2D eigenvalue weighted by Gasteiger charge is 2.28. The van der Waals surface area contributed by atoms with Crippen LogP contribution in [-0.2, 0) is 0 Å². The number of allylic oxidation sites excluding steroid dienone is 1. The highest BCUT2D eigenvalue weighted by molar-refractivity contribution is 5.12. The molecule has 1 N–H and O–H groups in total. The van der Waals surface area contributed by atoms with Gasteiger partial charge in [0.2, 0.25) is 0 Å². The van der Waals surface area contributed by atoms with Gasteiger partial charge in [0.1, 0.15) is 0 Å². The normalized spacial score (nSPS) is 30.9. The Morgan fingerprint density at radius 2 is 2.00 bits per heavy atom. The van der Waals surface area contributed by atoms with Crippen molar-refractivity contribution in [2.24, 2.45) is 11.8 Å². The molecule has 2 aliphatic rings. The van der Waals surface area contributed by atoms with Gasteiger partial charge in [-0.3, -0.25) is 0 Å². The van der Waals surface area contributed by atoms with E-state index < -0.39 is 0 Å². The van der Waals surface area contributed by atoms with Gasteiger partial charge in [0.15, 0.2) is 0 Å². The van der Waals surface area contributed by atoms with E-state index in [4.69, 9.17) is 0 Å². The molecule has 1 fully saturated rings. The summed E-state index contributed by atoms with van der Waals surface area (Å²) in [4.78, 5) is 0. The summed E-state index contributed by atoms with van der Waals surface area (Å²) in [6.45, 7) is 2.28. The third-order valence-corrected chi connectivity index (χ3v) is 5.01. The molecular formula is C17H30O. The molecule has 1 nitrogen and oxygen atoms in total. The zero-order chi connectivity index (χ0) is 12.8. The molecule has 1 saturated carbocycles. The number of aliphatic hydroxyl groups is 1. The molecule has 0 amide bonds. The molecule has 0 aromatic carbocycles. The lowest BCUT2D eigenvalue weighted by atomic mass is 9.75. The lowest BCUT2D eigenvalue weighted by molar-refractivity contribution is 0.0954. The van der Waals surface area contributed by atoms with Crippen LogP contribution in [0.3, 0.4) is 0 Å². The maximum absolute atomic E-state index is 10.5. The molecule has 1 atom stereocenters. The Morgan fingerprint density at radius 1 is 1.22 bits per heavy atom. The van der Waals surface area contributed by atoms with Gasteiger partial charge < -0.3 is 5.11 Å². The van der Waals surface area contributed by atoms with Crippen molar-refractivity contribution in [3.05, 3.63) is 11.6 Å². The van der Waals surface area contributed by atoms with Gasteiger partial charge in [-0.25, -0.2) is 0 Å². The molecular weight excluding hydrogens is 220 g/mol. The Hall–Kier alpha value is -0.300. The molecule has 0 aliphatic heterocycles. The van der Waals surface area contributed by atoms with E-state index in [1.165, 1.54) is 69.8 Å². The SMILES string of the molecule is CCCCC1CCC(C(O)C2=CCCCC2)CC1. The van der Waals surface area contributed by atoms with Gasteiger partial charge in [0.25, 0.3) is 0 Å². The second-order valence-corrected chi connectivity index (χ2v) is 6.39. The summed E-state index contributed by atoms with van der Waals surface area (Å²) < 4.78 is 0. The Morgan fingerprint density at radius 3 is 2.61 bits per heavy atom. The fraction of sp³-hybridized carbons (Fsp3) is 0.882. The number of hydrogen-bond donors (Lipinski definition) is 1. The zero-order valence-electron chi connectivity index (χ0n) is 12.0. The second-order valence-electron chi connectivity index (χ2n) is 6.39. The first-order chi connectivity index (χ1) is 8.81. The number of aliphatic hydroxyl groups excluding tert-OH is 1. The third-order valence-electron chi connectivity index (χ3n) is 5.01. The van der Waals surface area contributed by atoms with Gasteiger partial charge in [0, 0.05) is 0 Å². The molecule has 0 spiro atoms. The zero-order valence-corrected chi connectivity index (χ0v) is 12.0. The fourth-order valence-corrected chi connectivity index (χ4v) is 3.72. The number of rotatable bonds is 5. The van der Waals surface area contributed by atoms with Crippen molar-refractivity contribution in [1.82, 2.24) is 0 Å². The van der Waals surface area contributed by atoms with Crippen LogP contribution in [0.5, 0.6) is 0 Å². The van der Waals surface area contributed by atoms with Crippen LogP contribution in [0, 0.1) is 11.8 Å². The third kappa shape index (κ3) is 3.85. The number of unbranched alkanes of at least 4 members (excludes halogenated alkanes) is 1. The molecule has 18 heavy (non-hydrogen) atoms. The van der Waals surface area contributed by atoms with Crippen LogP contribution in [0.2, 0.25) is 0 Å². The average molecular weight is 250 g/mol. The molecule has 104 valence electrons. The fourth-order valence-electron chi connectivity index (χ4n) is 3.72. The summed E-state index contributed by atoms with van der Waals surface area (Å²) in [5, 5.41) is 10.5. The van der Waals surface area contributed by atoms with Crippen LogP contribution in [0.15, 0.2) is 11.6 Å². The molecule has 0 aromatic rings. The van der Waals surface area contributed by atoms with Gasteiger partial charge in [-0.2, -0.15) is 0 Å². The maximum Gasteiger partial charge on any atom is 0.0778 e. The van der Waals surface area contributed by atoms with E-state index in [-0.39, 0.29) is 6.10 Å². The summed E-state index contributed by atoms with van der Waals surface area (Å²) in [5.41, 5.74) is 1.36. The molecule has 1 heteroatoms. The van der Waals surface area contributed by atoms with E-state index in [0.29, 0.717) is 5.92 Å². The molecule has 0 saturated heterocycles. The average Bonchev–Trinajstić information content (AvgIpc) is 2.46. The standard InChI is InChI=1S/C17H30O/c1-2-3-7-14-10-12-16(13-11-14)17(18)15-8-5-4-6-9-15/h8,14,16-18H,2-7,9-13H2,1H3. The molecule has 0 radical (unpaired) electrons. The van der Waals surface area contributed by atoms with Crippen LogP contribution in [0.1, 0.15) is 77.6 Å². The van der Waals surface area contributed by atoms with E-state index >= 15 is 0 Å². The van der Waals surface area contributed by atoms with Crippen LogP contribution in [0.25, 0.3) is 0 Å². The van der Waals surface area contributed by atoms with Gasteiger partial charge in [-0.1, -0.05) is 45.1 Å². The Balaban J connectivity index is 1.76. The maximum atomic E-state index is 10.5. The highest BCUT2D eigenvalue weighted by atomic mass is 16.3. The summed E-state index contributed by atoms with van der Waals surface area (Å²) in [5.74, 6) is 1.51. The molecule has 0 aromatic heterocycles. The van der Waals surface area contributed by atoms with Crippen molar-refractivity contribution in [1.29, 1.82) is 0 Å². The molecule has 1 unspecified atom stereocenters. The Kier molecular flexibility index (Phi) is 5.75. The van der Waals surface area contributed by atoms with Crippen molar-refractivity contribution in [3.63, 3.8) is 0 Å². The van der Waals surface area contributed by atoms with Gasteiger partial charge >= 0.3 is 0 Å². The van der Waals surface area contributed by atoms with E-state index in [9.17, 15) is 5.11 Å². The van der Waals surface area contributed by atoms with Crippen molar-refractivity contribution < 1.29 is 5.11 Å². The number of hydrogen-bond acceptors (Lipinski definition) is 1. The van der Waals surface area contributed by atoms with Crippen molar-refractivity contribution >= 4 is 0 Å². The molecule has 2 rings (SSSR count). The first-order valence-electron chi connectivity index (χ1n) is 8.18. The van der Waals surface area contributed by atoms with E-state index in [0.717, 1.165) is 12.3 Å². The second kappa shape index (κ2) is 7.33. The van der Waals surface area contributed by atoms with Crippen LogP contribution in [-0.4, -0.2) is 11.2 Å². The minimum atomic E-state index is -0.113. The molecule has 0 bridgehead atoms. The monoisotopic (exact) mass is 250 g/mol. The Labute approximate surface area is 113 Å². The highest BCUT2D eigenvalue weighted by Crippen LogP contribution is 2.36. The van der Waals surface area contributed by atoms with E-state index in [1.54, 1.807) is 0 Å². The summed E-state index contributed by atoms with van der Waals surface area (Å²) in [6, 6.07) is 0. The van der Waals surface area contributed by atoms with Crippen LogP contribution in [0.4, 0.5) is 0 Å². The van der Waals surface area contributed by atoms with Crippen molar-refractivity contribution in [2.45, 2.75) is 83.7 Å². The first-order valence-corrected chi connectivity index (χ1v) is 8.18. The largest absolute Gasteiger partial charge is 0.388 e.